The summed E-state index contributed by atoms with van der Waals surface area (Å²) < 4.78 is 25.1. The summed E-state index contributed by atoms with van der Waals surface area (Å²) in [7, 11) is 1.62. The highest BCUT2D eigenvalue weighted by atomic mass is 35.5. The van der Waals surface area contributed by atoms with Gasteiger partial charge in [-0.1, -0.05) is 35.3 Å². The Morgan fingerprint density at radius 1 is 1.11 bits per heavy atom. The van der Waals surface area contributed by atoms with Crippen LogP contribution in [-0.2, 0) is 11.2 Å². The number of benzene rings is 2. The van der Waals surface area contributed by atoms with Crippen molar-refractivity contribution in [2.45, 2.75) is 69.6 Å². The highest BCUT2D eigenvalue weighted by Crippen LogP contribution is 2.54. The van der Waals surface area contributed by atoms with Crippen molar-refractivity contribution in [1.82, 2.24) is 24.8 Å². The maximum Gasteiger partial charge on any atom is 0.226 e. The van der Waals surface area contributed by atoms with E-state index in [1.165, 1.54) is 0 Å². The van der Waals surface area contributed by atoms with E-state index in [9.17, 15) is 10.1 Å². The fourth-order valence-electron chi connectivity index (χ4n) is 10.2. The minimum atomic E-state index is -0.468. The molecule has 1 N–H and O–H groups in total. The summed E-state index contributed by atoms with van der Waals surface area (Å²) in [5.41, 5.74) is 5.59. The molecule has 12 heteroatoms. The number of carbonyl (C=O) groups is 1. The lowest BCUT2D eigenvalue weighted by atomic mass is 9.79. The highest BCUT2D eigenvalue weighted by molar-refractivity contribution is 6.43. The van der Waals surface area contributed by atoms with Gasteiger partial charge >= 0.3 is 0 Å². The van der Waals surface area contributed by atoms with E-state index in [0.29, 0.717) is 45.3 Å². The van der Waals surface area contributed by atoms with Gasteiger partial charge in [0.25, 0.3) is 0 Å². The Morgan fingerprint density at radius 2 is 1.96 bits per heavy atom. The van der Waals surface area contributed by atoms with Crippen LogP contribution in [0.15, 0.2) is 48.7 Å². The van der Waals surface area contributed by atoms with Crippen LogP contribution < -0.4 is 15.0 Å². The Bertz CT molecular complexity index is 2390. The lowest BCUT2D eigenvalue weighted by Crippen LogP contribution is -2.45. The molecule has 9 nitrogen and oxygen atoms in total. The molecule has 54 heavy (non-hydrogen) atoms. The number of likely N-dealkylation sites (tertiary alicyclic amines) is 1. The largest absolute Gasteiger partial charge is 0.481 e. The van der Waals surface area contributed by atoms with E-state index in [-0.39, 0.29) is 58.9 Å². The fourth-order valence-corrected chi connectivity index (χ4v) is 10.6. The molecule has 0 spiro atoms. The standard InChI is InChI=1S/C42H40Cl2FN7O2/c1-21-29-16-33(40-25-13-27(51(40)42(53)22-8-9-22)20-50(19-25)26-10-11-34(54-2)48-18-26)52(39-24-15-32(39)47-17-24)41(29)30-14-23(5-4-12-46)35(37(45)38(30)49-21)28-6-3-7-31(43)36(28)44/h3,6-7,10-11,14,16,18,22,24-25,27,32,39-40,47H,4-5,8-9,13,15,17,19-20H2,1-2H3/t24-,25+,27-,32-,39+,40-/m1/s1. The number of anilines is 1. The number of nitriles is 1. The van der Waals surface area contributed by atoms with Crippen LogP contribution in [0.1, 0.15) is 61.1 Å². The van der Waals surface area contributed by atoms with Crippen LogP contribution in [0.2, 0.25) is 10.0 Å². The van der Waals surface area contributed by atoms with E-state index >= 15 is 4.39 Å². The summed E-state index contributed by atoms with van der Waals surface area (Å²) in [6.45, 7) is 4.41. The number of fused-ring (bicyclic) bond motifs is 6. The number of nitrogens with one attached hydrogen (secondary N) is 1. The van der Waals surface area contributed by atoms with Crippen molar-refractivity contribution >= 4 is 56.6 Å². The Hall–Kier alpha value is -4.43. The van der Waals surface area contributed by atoms with Gasteiger partial charge in [0.15, 0.2) is 5.82 Å². The first-order valence-electron chi connectivity index (χ1n) is 19.0. The third-order valence-electron chi connectivity index (χ3n) is 12.8. The van der Waals surface area contributed by atoms with E-state index < -0.39 is 5.82 Å². The lowest BCUT2D eigenvalue weighted by Gasteiger charge is -2.40. The molecule has 4 saturated heterocycles. The van der Waals surface area contributed by atoms with E-state index in [4.69, 9.17) is 32.9 Å². The molecule has 6 aliphatic rings. The Balaban J connectivity index is 1.20. The Morgan fingerprint density at radius 3 is 2.67 bits per heavy atom. The van der Waals surface area contributed by atoms with Gasteiger partial charge in [-0.3, -0.25) is 4.79 Å². The van der Waals surface area contributed by atoms with Crippen molar-refractivity contribution in [3.8, 4) is 23.1 Å². The van der Waals surface area contributed by atoms with Crippen molar-refractivity contribution in [2.75, 3.05) is 31.6 Å². The number of hydrogen-bond donors (Lipinski definition) is 1. The molecular weight excluding hydrogens is 724 g/mol. The predicted molar refractivity (Wildman–Crippen MR) is 207 cm³/mol. The lowest BCUT2D eigenvalue weighted by molar-refractivity contribution is -0.135. The molecule has 3 aromatic heterocycles. The van der Waals surface area contributed by atoms with Gasteiger partial charge in [0.2, 0.25) is 11.8 Å². The molecule has 276 valence electrons. The highest BCUT2D eigenvalue weighted by Gasteiger charge is 2.55. The van der Waals surface area contributed by atoms with Gasteiger partial charge in [-0.2, -0.15) is 5.26 Å². The molecule has 1 amide bonds. The summed E-state index contributed by atoms with van der Waals surface area (Å²) in [4.78, 5) is 28.5. The molecule has 0 radical (unpaired) electrons. The predicted octanol–water partition coefficient (Wildman–Crippen LogP) is 8.19. The Kier molecular flexibility index (Phi) is 8.10. The molecular formula is C42H40Cl2FN7O2. The number of aromatic nitrogens is 3. The number of rotatable bonds is 8. The van der Waals surface area contributed by atoms with Crippen molar-refractivity contribution in [3.05, 3.63) is 81.5 Å². The smallest absolute Gasteiger partial charge is 0.226 e. The second-order valence-electron chi connectivity index (χ2n) is 15.9. The van der Waals surface area contributed by atoms with E-state index in [0.717, 1.165) is 73.3 Å². The first kappa shape index (κ1) is 34.1. The van der Waals surface area contributed by atoms with Crippen LogP contribution in [0.5, 0.6) is 5.88 Å². The molecule has 2 aromatic carbocycles. The zero-order chi connectivity index (χ0) is 37.0. The topological polar surface area (TPSA) is 99.3 Å². The molecule has 5 aromatic rings. The zero-order valence-corrected chi connectivity index (χ0v) is 31.7. The monoisotopic (exact) mass is 763 g/mol. The molecule has 11 rings (SSSR count). The molecule has 4 aliphatic heterocycles. The third-order valence-corrected chi connectivity index (χ3v) is 13.6. The number of piperidine rings is 1. The first-order valence-corrected chi connectivity index (χ1v) is 19.8. The first-order chi connectivity index (χ1) is 26.2. The average Bonchev–Trinajstić information content (AvgIpc) is 3.46. The van der Waals surface area contributed by atoms with Crippen LogP contribution in [0, 0.1) is 41.8 Å². The number of amides is 1. The number of ether oxygens (including phenoxy) is 1. The van der Waals surface area contributed by atoms with Gasteiger partial charge in [-0.05, 0) is 74.8 Å². The number of nitrogens with zero attached hydrogens (tertiary/aromatic N) is 6. The van der Waals surface area contributed by atoms with Gasteiger partial charge in [-0.15, -0.1) is 0 Å². The van der Waals surface area contributed by atoms with E-state index in [2.05, 4.69) is 42.9 Å². The van der Waals surface area contributed by atoms with Gasteiger partial charge < -0.3 is 24.4 Å². The number of halogens is 3. The summed E-state index contributed by atoms with van der Waals surface area (Å²) in [6, 6.07) is 16.1. The molecule has 6 fully saturated rings. The molecule has 2 aliphatic carbocycles. The van der Waals surface area contributed by atoms with Crippen LogP contribution in [0.25, 0.3) is 32.9 Å². The number of carbonyl (C=O) groups excluding carboxylic acids is 1. The number of hydrogen-bond acceptors (Lipinski definition) is 7. The third kappa shape index (κ3) is 5.15. The molecule has 0 unspecified atom stereocenters. The second kappa shape index (κ2) is 12.8. The minimum Gasteiger partial charge on any atom is -0.481 e. The van der Waals surface area contributed by atoms with Crippen LogP contribution in [0.3, 0.4) is 0 Å². The van der Waals surface area contributed by atoms with Crippen molar-refractivity contribution in [3.63, 3.8) is 0 Å². The second-order valence-corrected chi connectivity index (χ2v) is 16.6. The summed E-state index contributed by atoms with van der Waals surface area (Å²) in [5, 5.41) is 15.7. The SMILES string of the molecule is COc1ccc(N2C[C@@H]3C[C@H](C2)N(C(=O)C2CC2)[C@H]3c2cc3c(C)nc4c(F)c(-c5cccc(Cl)c5Cl)c(CCC#N)cc4c3n2[C@H]2[C@H]3CN[C@@H]2C3)cn1. The summed E-state index contributed by atoms with van der Waals surface area (Å²) in [6.07, 6.45) is 6.30. The maximum atomic E-state index is 17.3. The number of methoxy groups -OCH3 is 1. The van der Waals surface area contributed by atoms with Gasteiger partial charge in [0.1, 0.15) is 5.52 Å². The molecule has 6 atom stereocenters. The number of aryl methyl sites for hydroxylation is 2. The number of pyridine rings is 2. The molecule has 7 heterocycles. The Labute approximate surface area is 323 Å². The van der Waals surface area contributed by atoms with Crippen molar-refractivity contribution in [1.29, 1.82) is 5.26 Å². The van der Waals surface area contributed by atoms with E-state index in [1.54, 1.807) is 25.3 Å². The van der Waals surface area contributed by atoms with Crippen LogP contribution >= 0.6 is 23.2 Å². The van der Waals surface area contributed by atoms with Crippen molar-refractivity contribution in [2.24, 2.45) is 17.8 Å². The molecule has 2 saturated carbocycles. The van der Waals surface area contributed by atoms with Gasteiger partial charge in [0, 0.05) is 83.3 Å². The molecule has 4 bridgehead atoms. The normalized spacial score (nSPS) is 25.7. The summed E-state index contributed by atoms with van der Waals surface area (Å²) in [5.74, 6) is 1.03. The average molecular weight is 765 g/mol. The maximum absolute atomic E-state index is 17.3. The van der Waals surface area contributed by atoms with Crippen LogP contribution in [-0.4, -0.2) is 64.2 Å². The van der Waals surface area contributed by atoms with Crippen LogP contribution in [0.4, 0.5) is 10.1 Å². The quantitative estimate of drug-likeness (QED) is 0.170. The fraction of sp³-hybridized carbons (Fsp3) is 0.429. The summed E-state index contributed by atoms with van der Waals surface area (Å²) >= 11 is 13.2. The minimum absolute atomic E-state index is 0.0580. The van der Waals surface area contributed by atoms with Gasteiger partial charge in [-0.25, -0.2) is 14.4 Å². The zero-order valence-electron chi connectivity index (χ0n) is 30.2. The van der Waals surface area contributed by atoms with E-state index in [1.807, 2.05) is 25.3 Å². The van der Waals surface area contributed by atoms with Gasteiger partial charge in [0.05, 0.1) is 58.8 Å². The van der Waals surface area contributed by atoms with Crippen molar-refractivity contribution < 1.29 is 13.9 Å².